The number of carbonyl (C=O) groups excluding carboxylic acids is 3. The molecule has 37 heavy (non-hydrogen) atoms. The Hall–Kier alpha value is -2.28. The minimum atomic E-state index is -0.318. The summed E-state index contributed by atoms with van der Waals surface area (Å²) < 4.78 is 0. The molecule has 0 radical (unpaired) electrons. The van der Waals surface area contributed by atoms with Crippen molar-refractivity contribution in [3.8, 4) is 0 Å². The van der Waals surface area contributed by atoms with Crippen molar-refractivity contribution >= 4 is 29.4 Å². The molecule has 0 bridgehead atoms. The minimum absolute atomic E-state index is 0.0300. The smallest absolute Gasteiger partial charge is 0.317 e. The third kappa shape index (κ3) is 7.62. The van der Waals surface area contributed by atoms with Gasteiger partial charge in [-0.2, -0.15) is 0 Å². The van der Waals surface area contributed by atoms with Crippen LogP contribution in [0.3, 0.4) is 0 Å². The van der Waals surface area contributed by atoms with E-state index in [1.54, 1.807) is 9.80 Å². The molecule has 1 aromatic rings. The number of nitrogens with one attached hydrogen (secondary N) is 1. The Bertz CT molecular complexity index is 914. The number of likely N-dealkylation sites (tertiary alicyclic amines) is 1. The fourth-order valence-electron chi connectivity index (χ4n) is 5.76. The van der Waals surface area contributed by atoms with E-state index in [-0.39, 0.29) is 35.6 Å². The molecule has 7 nitrogen and oxygen atoms in total. The van der Waals surface area contributed by atoms with Gasteiger partial charge in [0.15, 0.2) is 0 Å². The molecule has 1 aromatic carbocycles. The molecule has 2 atom stereocenters. The molecule has 1 N–H and O–H groups in total. The fourth-order valence-corrected chi connectivity index (χ4v) is 5.89. The Labute approximate surface area is 227 Å². The lowest BCUT2D eigenvalue weighted by molar-refractivity contribution is -0.138. The number of hydrogen-bond acceptors (Lipinski definition) is 3. The highest BCUT2D eigenvalue weighted by Gasteiger charge is 2.41. The van der Waals surface area contributed by atoms with Gasteiger partial charge < -0.3 is 20.0 Å². The number of carbonyl (C=O) groups is 3. The van der Waals surface area contributed by atoms with Crippen LogP contribution in [0.5, 0.6) is 0 Å². The first-order valence-corrected chi connectivity index (χ1v) is 14.3. The second-order valence-corrected chi connectivity index (χ2v) is 11.7. The lowest BCUT2D eigenvalue weighted by atomic mass is 9.86. The number of benzene rings is 1. The van der Waals surface area contributed by atoms with Crippen LogP contribution in [-0.4, -0.2) is 78.4 Å². The van der Waals surface area contributed by atoms with Crippen LogP contribution in [0.25, 0.3) is 0 Å². The molecule has 1 heterocycles. The highest BCUT2D eigenvalue weighted by Crippen LogP contribution is 2.35. The van der Waals surface area contributed by atoms with Crippen molar-refractivity contribution in [3.63, 3.8) is 0 Å². The van der Waals surface area contributed by atoms with Gasteiger partial charge in [0, 0.05) is 62.7 Å². The second-order valence-electron chi connectivity index (χ2n) is 11.2. The molecule has 0 aromatic heterocycles. The van der Waals surface area contributed by atoms with Crippen molar-refractivity contribution < 1.29 is 14.4 Å². The summed E-state index contributed by atoms with van der Waals surface area (Å²) in [5.74, 6) is 0.553. The molecule has 3 rings (SSSR count). The summed E-state index contributed by atoms with van der Waals surface area (Å²) >= 11 is 6.10. The van der Waals surface area contributed by atoms with Crippen molar-refractivity contribution in [2.75, 3.05) is 39.8 Å². The highest BCUT2D eigenvalue weighted by atomic mass is 35.5. The molecule has 2 fully saturated rings. The number of rotatable bonds is 9. The summed E-state index contributed by atoms with van der Waals surface area (Å²) in [7, 11) is 1.84. The van der Waals surface area contributed by atoms with E-state index in [1.807, 2.05) is 52.1 Å². The van der Waals surface area contributed by atoms with E-state index in [4.69, 9.17) is 11.6 Å². The SMILES string of the molecule is CCNC(=O)N1CC(C(=O)N(C)CCCN(C(=O)C(C)C)C2CCC(C)CC2)[C@H](c2ccc(Cl)cc2)C1. The van der Waals surface area contributed by atoms with Crippen molar-refractivity contribution in [1.29, 1.82) is 0 Å². The summed E-state index contributed by atoms with van der Waals surface area (Å²) in [6.07, 6.45) is 5.20. The van der Waals surface area contributed by atoms with E-state index in [0.717, 1.165) is 30.7 Å². The molecule has 1 aliphatic heterocycles. The molecule has 8 heteroatoms. The van der Waals surface area contributed by atoms with Gasteiger partial charge in [0.2, 0.25) is 11.8 Å². The van der Waals surface area contributed by atoms with E-state index >= 15 is 0 Å². The number of amides is 4. The van der Waals surface area contributed by atoms with Gasteiger partial charge in [-0.1, -0.05) is 44.5 Å². The van der Waals surface area contributed by atoms with Gasteiger partial charge in [-0.05, 0) is 62.6 Å². The van der Waals surface area contributed by atoms with Gasteiger partial charge in [0.1, 0.15) is 0 Å². The van der Waals surface area contributed by atoms with Crippen LogP contribution in [0.1, 0.15) is 71.3 Å². The third-order valence-electron chi connectivity index (χ3n) is 8.02. The van der Waals surface area contributed by atoms with Crippen LogP contribution in [0.2, 0.25) is 5.02 Å². The molecule has 0 spiro atoms. The maximum Gasteiger partial charge on any atom is 0.317 e. The largest absolute Gasteiger partial charge is 0.345 e. The van der Waals surface area contributed by atoms with Crippen molar-refractivity contribution in [1.82, 2.24) is 20.0 Å². The number of urea groups is 1. The zero-order valence-electron chi connectivity index (χ0n) is 23.2. The van der Waals surface area contributed by atoms with Crippen molar-refractivity contribution in [2.45, 2.75) is 71.8 Å². The molecule has 2 aliphatic rings. The highest BCUT2D eigenvalue weighted by molar-refractivity contribution is 6.30. The first-order chi connectivity index (χ1) is 17.6. The predicted octanol–water partition coefficient (Wildman–Crippen LogP) is 5.00. The lowest BCUT2D eigenvalue weighted by Gasteiger charge is -2.37. The molecule has 206 valence electrons. The monoisotopic (exact) mass is 532 g/mol. The predicted molar refractivity (Wildman–Crippen MR) is 149 cm³/mol. The number of hydrogen-bond donors (Lipinski definition) is 1. The van der Waals surface area contributed by atoms with Crippen LogP contribution >= 0.6 is 11.6 Å². The molecule has 1 unspecified atom stereocenters. The lowest BCUT2D eigenvalue weighted by Crippen LogP contribution is -2.46. The van der Waals surface area contributed by atoms with E-state index in [2.05, 4.69) is 17.1 Å². The van der Waals surface area contributed by atoms with Gasteiger partial charge >= 0.3 is 6.03 Å². The molecule has 4 amide bonds. The van der Waals surface area contributed by atoms with E-state index in [1.165, 1.54) is 12.8 Å². The topological polar surface area (TPSA) is 73.0 Å². The minimum Gasteiger partial charge on any atom is -0.345 e. The molecule has 1 aliphatic carbocycles. The maximum atomic E-state index is 13.6. The van der Waals surface area contributed by atoms with Gasteiger partial charge in [-0.25, -0.2) is 4.79 Å². The van der Waals surface area contributed by atoms with E-state index in [0.29, 0.717) is 43.8 Å². The summed E-state index contributed by atoms with van der Waals surface area (Å²) in [6.45, 7) is 10.8. The molecular weight excluding hydrogens is 488 g/mol. The first-order valence-electron chi connectivity index (χ1n) is 14.0. The summed E-state index contributed by atoms with van der Waals surface area (Å²) in [5, 5.41) is 3.51. The van der Waals surface area contributed by atoms with E-state index < -0.39 is 0 Å². The van der Waals surface area contributed by atoms with Crippen LogP contribution in [0, 0.1) is 17.8 Å². The average molecular weight is 533 g/mol. The number of nitrogens with zero attached hydrogens (tertiary/aromatic N) is 3. The Morgan fingerprint density at radius 1 is 1.05 bits per heavy atom. The Morgan fingerprint density at radius 2 is 1.70 bits per heavy atom. The average Bonchev–Trinajstić information content (AvgIpc) is 3.32. The quantitative estimate of drug-likeness (QED) is 0.486. The van der Waals surface area contributed by atoms with E-state index in [9.17, 15) is 14.4 Å². The first kappa shape index (κ1) is 29.3. The zero-order valence-corrected chi connectivity index (χ0v) is 24.0. The fraction of sp³-hybridized carbons (Fsp3) is 0.690. The third-order valence-corrected chi connectivity index (χ3v) is 8.27. The van der Waals surface area contributed by atoms with Gasteiger partial charge in [-0.15, -0.1) is 0 Å². The standard InChI is InChI=1S/C29H45ClN4O3/c1-6-31-29(37)33-18-25(22-10-12-23(30)13-11-22)26(19-33)28(36)32(5)16-7-17-34(27(35)20(2)3)24-14-8-21(4)9-15-24/h10-13,20-21,24-26H,6-9,14-19H2,1-5H3,(H,31,37)/t21?,24?,25-,26?/m0/s1. The summed E-state index contributed by atoms with van der Waals surface area (Å²) in [5.41, 5.74) is 1.02. The Morgan fingerprint density at radius 3 is 2.30 bits per heavy atom. The molecular formula is C29H45ClN4O3. The van der Waals surface area contributed by atoms with Crippen LogP contribution in [0.4, 0.5) is 4.79 Å². The number of halogens is 1. The van der Waals surface area contributed by atoms with Crippen LogP contribution in [0.15, 0.2) is 24.3 Å². The normalized spacial score (nSPS) is 23.7. The summed E-state index contributed by atoms with van der Waals surface area (Å²) in [4.78, 5) is 44.8. The van der Waals surface area contributed by atoms with Gasteiger partial charge in [-0.3, -0.25) is 9.59 Å². The maximum absolute atomic E-state index is 13.6. The zero-order chi connectivity index (χ0) is 27.1. The van der Waals surface area contributed by atoms with Crippen molar-refractivity contribution in [2.24, 2.45) is 17.8 Å². The van der Waals surface area contributed by atoms with Crippen LogP contribution < -0.4 is 5.32 Å². The van der Waals surface area contributed by atoms with Crippen molar-refractivity contribution in [3.05, 3.63) is 34.9 Å². The summed E-state index contributed by atoms with van der Waals surface area (Å²) in [6, 6.07) is 7.75. The Balaban J connectivity index is 1.65. The Kier molecular flexibility index (Phi) is 10.7. The van der Waals surface area contributed by atoms with Crippen LogP contribution in [-0.2, 0) is 9.59 Å². The molecule has 1 saturated heterocycles. The van der Waals surface area contributed by atoms with Gasteiger partial charge in [0.05, 0.1) is 5.92 Å². The second kappa shape index (κ2) is 13.5. The van der Waals surface area contributed by atoms with Gasteiger partial charge in [0.25, 0.3) is 0 Å². The molecule has 1 saturated carbocycles.